The predicted octanol–water partition coefficient (Wildman–Crippen LogP) is 1.97. The number of rotatable bonds is 2. The fourth-order valence-electron chi connectivity index (χ4n) is 0.736. The van der Waals surface area contributed by atoms with Crippen molar-refractivity contribution in [2.45, 2.75) is 26.3 Å². The fraction of sp³-hybridized carbons (Fsp3) is 0.625. The van der Waals surface area contributed by atoms with Gasteiger partial charge in [0.15, 0.2) is 0 Å². The molecule has 0 saturated heterocycles. The summed E-state index contributed by atoms with van der Waals surface area (Å²) in [7, 11) is 0. The zero-order valence-corrected chi connectivity index (χ0v) is 7.98. The molecular weight excluding hydrogens is 156 g/mol. The van der Waals surface area contributed by atoms with Crippen LogP contribution >= 0.6 is 11.3 Å². The minimum absolute atomic E-state index is 0.270. The summed E-state index contributed by atoms with van der Waals surface area (Å²) in [5.41, 5.74) is 5.80. The molecule has 0 spiro atoms. The van der Waals surface area contributed by atoms with Crippen LogP contribution in [-0.4, -0.2) is 4.98 Å². The largest absolute Gasteiger partial charge is 0.319 e. The first-order valence-corrected chi connectivity index (χ1v) is 4.62. The van der Waals surface area contributed by atoms with Crippen molar-refractivity contribution in [3.8, 4) is 0 Å². The first kappa shape index (κ1) is 8.68. The van der Waals surface area contributed by atoms with Crippen molar-refractivity contribution in [2.75, 3.05) is 0 Å². The van der Waals surface area contributed by atoms with Crippen LogP contribution in [0.15, 0.2) is 11.6 Å². The first-order chi connectivity index (χ1) is 5.05. The summed E-state index contributed by atoms with van der Waals surface area (Å²) in [6, 6.07) is 0. The topological polar surface area (TPSA) is 38.9 Å². The molecule has 0 fully saturated rings. The highest BCUT2D eigenvalue weighted by atomic mass is 32.1. The van der Waals surface area contributed by atoms with Gasteiger partial charge in [0.05, 0.1) is 5.54 Å². The molecule has 0 amide bonds. The number of nitrogens with zero attached hydrogens (tertiary/aromatic N) is 1. The molecule has 0 bridgehead atoms. The molecule has 2 N–H and O–H groups in total. The molecule has 0 aliphatic rings. The molecule has 1 aromatic heterocycles. The first-order valence-electron chi connectivity index (χ1n) is 3.74. The van der Waals surface area contributed by atoms with Crippen molar-refractivity contribution in [3.05, 3.63) is 16.6 Å². The lowest BCUT2D eigenvalue weighted by Crippen LogP contribution is -2.38. The van der Waals surface area contributed by atoms with Crippen molar-refractivity contribution in [2.24, 2.45) is 11.7 Å². The maximum Gasteiger partial charge on any atom is 0.112 e. The van der Waals surface area contributed by atoms with Crippen LogP contribution in [0.1, 0.15) is 25.8 Å². The van der Waals surface area contributed by atoms with E-state index in [1.807, 2.05) is 12.3 Å². The van der Waals surface area contributed by atoms with Crippen LogP contribution in [0.2, 0.25) is 0 Å². The van der Waals surface area contributed by atoms with E-state index in [1.54, 1.807) is 17.5 Å². The Morgan fingerprint density at radius 1 is 1.64 bits per heavy atom. The quantitative estimate of drug-likeness (QED) is 0.737. The van der Waals surface area contributed by atoms with Gasteiger partial charge in [-0.05, 0) is 12.8 Å². The molecule has 1 aromatic rings. The Morgan fingerprint density at radius 3 is 2.64 bits per heavy atom. The van der Waals surface area contributed by atoms with E-state index in [2.05, 4.69) is 18.8 Å². The monoisotopic (exact) mass is 170 g/mol. The molecule has 1 unspecified atom stereocenters. The molecule has 1 atom stereocenters. The number of aromatic nitrogens is 1. The Morgan fingerprint density at radius 2 is 2.27 bits per heavy atom. The van der Waals surface area contributed by atoms with Crippen molar-refractivity contribution in [1.82, 2.24) is 4.98 Å². The highest BCUT2D eigenvalue weighted by Crippen LogP contribution is 2.27. The second kappa shape index (κ2) is 2.91. The Kier molecular flexibility index (Phi) is 2.30. The second-order valence-electron chi connectivity index (χ2n) is 3.27. The summed E-state index contributed by atoms with van der Waals surface area (Å²) in [6.45, 7) is 6.25. The van der Waals surface area contributed by atoms with Crippen LogP contribution in [-0.2, 0) is 5.54 Å². The molecule has 1 heterocycles. The van der Waals surface area contributed by atoms with E-state index >= 15 is 0 Å². The van der Waals surface area contributed by atoms with Gasteiger partial charge in [0.2, 0.25) is 0 Å². The average molecular weight is 170 g/mol. The van der Waals surface area contributed by atoms with Gasteiger partial charge in [0.25, 0.3) is 0 Å². The smallest absolute Gasteiger partial charge is 0.112 e. The SMILES string of the molecule is CC(C)C(C)(N)c1nccs1. The molecular formula is C8H14N2S. The van der Waals surface area contributed by atoms with E-state index in [4.69, 9.17) is 5.73 Å². The van der Waals surface area contributed by atoms with Crippen molar-refractivity contribution >= 4 is 11.3 Å². The zero-order valence-electron chi connectivity index (χ0n) is 7.16. The molecule has 3 heteroatoms. The van der Waals surface area contributed by atoms with Gasteiger partial charge in [-0.25, -0.2) is 4.98 Å². The van der Waals surface area contributed by atoms with Crippen LogP contribution in [0, 0.1) is 5.92 Å². The van der Waals surface area contributed by atoms with Crippen molar-refractivity contribution in [3.63, 3.8) is 0 Å². The minimum atomic E-state index is -0.270. The average Bonchev–Trinajstić information content (AvgIpc) is 2.37. The Labute approximate surface area is 71.5 Å². The number of nitrogens with two attached hydrogens (primary N) is 1. The summed E-state index contributed by atoms with van der Waals surface area (Å²) >= 11 is 1.62. The molecule has 11 heavy (non-hydrogen) atoms. The van der Waals surface area contributed by atoms with Crippen LogP contribution in [0.4, 0.5) is 0 Å². The van der Waals surface area contributed by atoms with E-state index in [0.29, 0.717) is 5.92 Å². The third-order valence-corrected chi connectivity index (χ3v) is 3.12. The molecule has 0 aromatic carbocycles. The van der Waals surface area contributed by atoms with E-state index in [9.17, 15) is 0 Å². The molecule has 2 nitrogen and oxygen atoms in total. The van der Waals surface area contributed by atoms with Gasteiger partial charge in [-0.1, -0.05) is 13.8 Å². The van der Waals surface area contributed by atoms with Crippen LogP contribution in [0.5, 0.6) is 0 Å². The Bertz CT molecular complexity index is 214. The standard InChI is InChI=1S/C8H14N2S/c1-6(2)8(3,9)7-10-4-5-11-7/h4-6H,9H2,1-3H3. The normalized spacial score (nSPS) is 16.8. The lowest BCUT2D eigenvalue weighted by molar-refractivity contribution is 0.349. The molecule has 1 rings (SSSR count). The van der Waals surface area contributed by atoms with Gasteiger partial charge in [0.1, 0.15) is 5.01 Å². The van der Waals surface area contributed by atoms with Crippen LogP contribution < -0.4 is 5.73 Å². The summed E-state index contributed by atoms with van der Waals surface area (Å²) in [4.78, 5) is 4.20. The molecule has 62 valence electrons. The lowest BCUT2D eigenvalue weighted by Gasteiger charge is -2.26. The fourth-order valence-corrected chi connectivity index (χ4v) is 1.60. The van der Waals surface area contributed by atoms with Gasteiger partial charge < -0.3 is 5.73 Å². The third kappa shape index (κ3) is 1.60. The van der Waals surface area contributed by atoms with Gasteiger partial charge in [-0.3, -0.25) is 0 Å². The molecule has 0 aliphatic heterocycles. The highest BCUT2D eigenvalue weighted by Gasteiger charge is 2.27. The predicted molar refractivity (Wildman–Crippen MR) is 48.5 cm³/mol. The molecule has 0 saturated carbocycles. The minimum Gasteiger partial charge on any atom is -0.319 e. The molecule has 0 radical (unpaired) electrons. The summed E-state index contributed by atoms with van der Waals surface area (Å²) < 4.78 is 0. The van der Waals surface area contributed by atoms with Crippen LogP contribution in [0.25, 0.3) is 0 Å². The number of thiazole rings is 1. The lowest BCUT2D eigenvalue weighted by atomic mass is 9.90. The van der Waals surface area contributed by atoms with Gasteiger partial charge in [0, 0.05) is 11.6 Å². The summed E-state index contributed by atoms with van der Waals surface area (Å²) in [5, 5.41) is 2.98. The summed E-state index contributed by atoms with van der Waals surface area (Å²) in [5.74, 6) is 0.425. The van der Waals surface area contributed by atoms with Crippen LogP contribution in [0.3, 0.4) is 0 Å². The zero-order chi connectivity index (χ0) is 8.48. The van der Waals surface area contributed by atoms with Crippen molar-refractivity contribution in [1.29, 1.82) is 0 Å². The van der Waals surface area contributed by atoms with E-state index in [1.165, 1.54) is 0 Å². The van der Waals surface area contributed by atoms with Gasteiger partial charge in [-0.15, -0.1) is 11.3 Å². The number of hydrogen-bond acceptors (Lipinski definition) is 3. The summed E-state index contributed by atoms with van der Waals surface area (Å²) in [6.07, 6.45) is 1.80. The van der Waals surface area contributed by atoms with Crippen molar-refractivity contribution < 1.29 is 0 Å². The van der Waals surface area contributed by atoms with E-state index in [-0.39, 0.29) is 5.54 Å². The molecule has 0 aliphatic carbocycles. The Hall–Kier alpha value is -0.410. The van der Waals surface area contributed by atoms with E-state index in [0.717, 1.165) is 5.01 Å². The van der Waals surface area contributed by atoms with Gasteiger partial charge in [-0.2, -0.15) is 0 Å². The number of hydrogen-bond donors (Lipinski definition) is 1. The maximum absolute atomic E-state index is 6.07. The van der Waals surface area contributed by atoms with E-state index < -0.39 is 0 Å². The Balaban J connectivity index is 2.90. The second-order valence-corrected chi connectivity index (χ2v) is 4.17. The third-order valence-electron chi connectivity index (χ3n) is 2.09. The van der Waals surface area contributed by atoms with Gasteiger partial charge >= 0.3 is 0 Å². The highest BCUT2D eigenvalue weighted by molar-refractivity contribution is 7.09. The maximum atomic E-state index is 6.07.